The average Bonchev–Trinajstić information content (AvgIpc) is 3.34. The van der Waals surface area contributed by atoms with E-state index in [4.69, 9.17) is 0 Å². The van der Waals surface area contributed by atoms with Crippen molar-refractivity contribution < 1.29 is 13.6 Å². The third kappa shape index (κ3) is 4.04. The Morgan fingerprint density at radius 2 is 2.36 bits per heavy atom. The summed E-state index contributed by atoms with van der Waals surface area (Å²) in [6.45, 7) is 3.82. The number of pyridine rings is 1. The molecule has 0 saturated heterocycles. The topological polar surface area (TPSA) is 65.8 Å². The number of alkyl halides is 2. The van der Waals surface area contributed by atoms with Crippen molar-refractivity contribution in [2.45, 2.75) is 30.2 Å². The monoisotopic (exact) mass is 323 g/mol. The van der Waals surface area contributed by atoms with E-state index >= 15 is 0 Å². The summed E-state index contributed by atoms with van der Waals surface area (Å²) in [5.74, 6) is -0.0816. The second-order valence-corrected chi connectivity index (χ2v) is 5.85. The van der Waals surface area contributed by atoms with E-state index in [0.29, 0.717) is 17.7 Å². The van der Waals surface area contributed by atoms with Gasteiger partial charge in [0.05, 0.1) is 11.3 Å². The Morgan fingerprint density at radius 1 is 1.64 bits per heavy atom. The van der Waals surface area contributed by atoms with Gasteiger partial charge in [0.2, 0.25) is 5.91 Å². The van der Waals surface area contributed by atoms with Crippen LogP contribution in [0.15, 0.2) is 23.7 Å². The number of carbonyl (C=O) groups excluding carboxylic acids is 1. The molecule has 1 N–H and O–H groups in total. The van der Waals surface area contributed by atoms with E-state index in [0.717, 1.165) is 24.6 Å². The first kappa shape index (κ1) is 16.4. The Hall–Kier alpha value is -1.94. The summed E-state index contributed by atoms with van der Waals surface area (Å²) in [5, 5.41) is 12.1. The van der Waals surface area contributed by atoms with Crippen LogP contribution in [0.4, 0.5) is 8.78 Å². The number of aromatic nitrogens is 1. The molecule has 1 aliphatic rings. The molecule has 0 aromatic carbocycles. The molecule has 2 rings (SSSR count). The van der Waals surface area contributed by atoms with E-state index in [1.165, 1.54) is 6.07 Å². The molecule has 0 radical (unpaired) electrons. The molecule has 1 aromatic heterocycles. The summed E-state index contributed by atoms with van der Waals surface area (Å²) < 4.78 is 25.9. The number of rotatable bonds is 7. The number of hydrogen-bond donors (Lipinski definition) is 1. The predicted molar refractivity (Wildman–Crippen MR) is 79.8 cm³/mol. The van der Waals surface area contributed by atoms with Crippen LogP contribution in [0, 0.1) is 11.3 Å². The Labute approximate surface area is 131 Å². The van der Waals surface area contributed by atoms with Crippen molar-refractivity contribution in [3.63, 3.8) is 0 Å². The smallest absolute Gasteiger partial charge is 0.280 e. The van der Waals surface area contributed by atoms with E-state index in [2.05, 4.69) is 16.9 Å². The fourth-order valence-electron chi connectivity index (χ4n) is 1.98. The van der Waals surface area contributed by atoms with Gasteiger partial charge in [-0.05, 0) is 30.4 Å². The SMILES string of the molecule is C=CCNC(=O)CSc1nc(C(F)F)cc(C2CC2)c1C#N. The number of amides is 1. The molecule has 1 amide bonds. The molecule has 4 nitrogen and oxygen atoms in total. The Kier molecular flexibility index (Phi) is 5.50. The first-order valence-electron chi connectivity index (χ1n) is 6.80. The Bertz CT molecular complexity index is 624. The maximum Gasteiger partial charge on any atom is 0.280 e. The van der Waals surface area contributed by atoms with Crippen molar-refractivity contribution >= 4 is 17.7 Å². The highest BCUT2D eigenvalue weighted by molar-refractivity contribution is 8.00. The zero-order valence-corrected chi connectivity index (χ0v) is 12.6. The molecule has 0 aliphatic heterocycles. The van der Waals surface area contributed by atoms with Gasteiger partial charge in [-0.25, -0.2) is 13.8 Å². The summed E-state index contributed by atoms with van der Waals surface area (Å²) in [7, 11) is 0. The van der Waals surface area contributed by atoms with Crippen LogP contribution >= 0.6 is 11.8 Å². The van der Waals surface area contributed by atoms with Crippen LogP contribution in [0.1, 0.15) is 42.0 Å². The van der Waals surface area contributed by atoms with Crippen molar-refractivity contribution in [1.29, 1.82) is 5.26 Å². The van der Waals surface area contributed by atoms with Crippen LogP contribution in [-0.2, 0) is 4.79 Å². The lowest BCUT2D eigenvalue weighted by Crippen LogP contribution is -2.25. The van der Waals surface area contributed by atoms with E-state index < -0.39 is 6.43 Å². The minimum Gasteiger partial charge on any atom is -0.352 e. The van der Waals surface area contributed by atoms with Crippen LogP contribution < -0.4 is 5.32 Å². The van der Waals surface area contributed by atoms with Crippen molar-refractivity contribution in [2.24, 2.45) is 0 Å². The van der Waals surface area contributed by atoms with Crippen molar-refractivity contribution in [2.75, 3.05) is 12.3 Å². The Balaban J connectivity index is 2.22. The molecule has 1 aliphatic carbocycles. The molecular formula is C15H15F2N3OS. The van der Waals surface area contributed by atoms with Gasteiger partial charge >= 0.3 is 0 Å². The molecule has 1 fully saturated rings. The number of hydrogen-bond acceptors (Lipinski definition) is 4. The normalized spacial score (nSPS) is 13.7. The number of halogens is 2. The second-order valence-electron chi connectivity index (χ2n) is 4.88. The fraction of sp³-hybridized carbons (Fsp3) is 0.400. The molecule has 1 heterocycles. The van der Waals surface area contributed by atoms with Gasteiger partial charge in [-0.2, -0.15) is 5.26 Å². The summed E-state index contributed by atoms with van der Waals surface area (Å²) >= 11 is 1.01. The molecule has 0 atom stereocenters. The number of nitrogens with zero attached hydrogens (tertiary/aromatic N) is 2. The maximum atomic E-state index is 13.0. The van der Waals surface area contributed by atoms with Crippen molar-refractivity contribution in [1.82, 2.24) is 10.3 Å². The van der Waals surface area contributed by atoms with Gasteiger partial charge in [0.15, 0.2) is 0 Å². The largest absolute Gasteiger partial charge is 0.352 e. The molecule has 0 bridgehead atoms. The highest BCUT2D eigenvalue weighted by atomic mass is 32.2. The van der Waals surface area contributed by atoms with Crippen LogP contribution in [0.2, 0.25) is 0 Å². The van der Waals surface area contributed by atoms with Gasteiger partial charge in [-0.1, -0.05) is 17.8 Å². The first-order chi connectivity index (χ1) is 10.6. The molecular weight excluding hydrogens is 308 g/mol. The molecule has 116 valence electrons. The summed E-state index contributed by atoms with van der Waals surface area (Å²) in [6.07, 6.45) is 0.639. The number of carbonyl (C=O) groups is 1. The van der Waals surface area contributed by atoms with Gasteiger partial charge in [0, 0.05) is 6.54 Å². The molecule has 1 aromatic rings. The third-order valence-electron chi connectivity index (χ3n) is 3.17. The number of nitrogens with one attached hydrogen (secondary N) is 1. The van der Waals surface area contributed by atoms with Crippen LogP contribution in [0.5, 0.6) is 0 Å². The van der Waals surface area contributed by atoms with Crippen molar-refractivity contribution in [3.8, 4) is 6.07 Å². The lowest BCUT2D eigenvalue weighted by atomic mass is 10.1. The molecule has 0 spiro atoms. The predicted octanol–water partition coefficient (Wildman–Crippen LogP) is 3.16. The van der Waals surface area contributed by atoms with Gasteiger partial charge in [-0.15, -0.1) is 6.58 Å². The van der Waals surface area contributed by atoms with E-state index in [1.54, 1.807) is 6.08 Å². The quantitative estimate of drug-likeness (QED) is 0.618. The van der Waals surface area contributed by atoms with Crippen molar-refractivity contribution in [3.05, 3.63) is 35.5 Å². The van der Waals surface area contributed by atoms with E-state index in [1.807, 2.05) is 6.07 Å². The van der Waals surface area contributed by atoms with Gasteiger partial charge in [0.1, 0.15) is 16.8 Å². The first-order valence-corrected chi connectivity index (χ1v) is 7.78. The van der Waals surface area contributed by atoms with Crippen LogP contribution in [0.3, 0.4) is 0 Å². The zero-order valence-electron chi connectivity index (χ0n) is 11.8. The zero-order chi connectivity index (χ0) is 16.1. The number of thioether (sulfide) groups is 1. The van der Waals surface area contributed by atoms with Crippen LogP contribution in [-0.4, -0.2) is 23.2 Å². The minimum atomic E-state index is -2.70. The maximum absolute atomic E-state index is 13.0. The fourth-order valence-corrected chi connectivity index (χ4v) is 2.82. The summed E-state index contributed by atoms with van der Waals surface area (Å²) in [4.78, 5) is 15.4. The lowest BCUT2D eigenvalue weighted by Gasteiger charge is -2.11. The minimum absolute atomic E-state index is 0.0202. The van der Waals surface area contributed by atoms with E-state index in [-0.39, 0.29) is 28.3 Å². The average molecular weight is 323 g/mol. The lowest BCUT2D eigenvalue weighted by molar-refractivity contribution is -0.118. The second kappa shape index (κ2) is 7.36. The van der Waals surface area contributed by atoms with E-state index in [9.17, 15) is 18.8 Å². The highest BCUT2D eigenvalue weighted by Crippen LogP contribution is 2.44. The Morgan fingerprint density at radius 3 is 2.91 bits per heavy atom. The third-order valence-corrected chi connectivity index (χ3v) is 4.15. The standard InChI is InChI=1S/C15H15F2N3OS/c1-2-5-19-13(21)8-22-15-11(7-18)10(9-3-4-9)6-12(20-15)14(16)17/h2,6,9,14H,1,3-5,8H2,(H,19,21). The number of nitriles is 1. The molecule has 0 unspecified atom stereocenters. The highest BCUT2D eigenvalue weighted by Gasteiger charge is 2.30. The molecule has 1 saturated carbocycles. The van der Waals surface area contributed by atoms with Crippen LogP contribution in [0.25, 0.3) is 0 Å². The summed E-state index contributed by atoms with van der Waals surface area (Å²) in [6, 6.07) is 3.36. The molecule has 7 heteroatoms. The van der Waals surface area contributed by atoms with Gasteiger partial charge in [0.25, 0.3) is 6.43 Å². The van der Waals surface area contributed by atoms with Gasteiger partial charge < -0.3 is 5.32 Å². The molecule has 22 heavy (non-hydrogen) atoms. The summed E-state index contributed by atoms with van der Waals surface area (Å²) in [5.41, 5.74) is 0.602. The van der Waals surface area contributed by atoms with Gasteiger partial charge in [-0.3, -0.25) is 4.79 Å².